The third-order valence-corrected chi connectivity index (χ3v) is 2.56. The molecule has 1 atom stereocenters. The normalized spacial score (nSPS) is 21.0. The van der Waals surface area contributed by atoms with Gasteiger partial charge in [-0.25, -0.2) is 4.98 Å². The summed E-state index contributed by atoms with van der Waals surface area (Å²) in [5.74, 6) is -0.369. The van der Waals surface area contributed by atoms with Crippen LogP contribution in [0.5, 0.6) is 0 Å². The van der Waals surface area contributed by atoms with E-state index in [1.165, 1.54) is 4.90 Å². The van der Waals surface area contributed by atoms with Crippen LogP contribution in [0.25, 0.3) is 0 Å². The summed E-state index contributed by atoms with van der Waals surface area (Å²) in [5.41, 5.74) is 5.17. The van der Waals surface area contributed by atoms with Gasteiger partial charge in [-0.2, -0.15) is 0 Å². The Morgan fingerprint density at radius 1 is 1.67 bits per heavy atom. The van der Waals surface area contributed by atoms with E-state index in [1.54, 1.807) is 24.0 Å². The van der Waals surface area contributed by atoms with Crippen LogP contribution in [0.1, 0.15) is 6.42 Å². The van der Waals surface area contributed by atoms with Crippen molar-refractivity contribution < 1.29 is 9.59 Å². The monoisotopic (exact) mass is 208 g/mol. The van der Waals surface area contributed by atoms with Crippen LogP contribution in [0.2, 0.25) is 0 Å². The smallest absolute Gasteiger partial charge is 0.230 e. The van der Waals surface area contributed by atoms with Crippen molar-refractivity contribution in [3.63, 3.8) is 0 Å². The lowest BCUT2D eigenvalue weighted by Gasteiger charge is -2.14. The minimum Gasteiger partial charge on any atom is -0.369 e. The number of carbonyl (C=O) groups excluding carboxylic acids is 2. The molecule has 6 heteroatoms. The third-order valence-electron chi connectivity index (χ3n) is 2.56. The van der Waals surface area contributed by atoms with Gasteiger partial charge in [-0.1, -0.05) is 0 Å². The molecule has 1 aliphatic rings. The summed E-state index contributed by atoms with van der Waals surface area (Å²) in [6.07, 6.45) is 3.54. The highest BCUT2D eigenvalue weighted by Crippen LogP contribution is 2.22. The van der Waals surface area contributed by atoms with Gasteiger partial charge in [0.2, 0.25) is 17.8 Å². The zero-order valence-electron chi connectivity index (χ0n) is 8.38. The fourth-order valence-corrected chi connectivity index (χ4v) is 1.71. The van der Waals surface area contributed by atoms with Gasteiger partial charge in [0.1, 0.15) is 0 Å². The summed E-state index contributed by atoms with van der Waals surface area (Å²) in [4.78, 5) is 28.1. The van der Waals surface area contributed by atoms with E-state index in [-0.39, 0.29) is 12.3 Å². The molecule has 2 N–H and O–H groups in total. The molecule has 1 saturated heterocycles. The third kappa shape index (κ3) is 1.58. The van der Waals surface area contributed by atoms with Gasteiger partial charge in [0.25, 0.3) is 0 Å². The molecular formula is C9H12N4O2. The second kappa shape index (κ2) is 3.38. The topological polar surface area (TPSA) is 81.2 Å². The van der Waals surface area contributed by atoms with E-state index in [2.05, 4.69) is 4.98 Å². The van der Waals surface area contributed by atoms with E-state index in [9.17, 15) is 9.59 Å². The van der Waals surface area contributed by atoms with Crippen molar-refractivity contribution in [2.75, 3.05) is 11.4 Å². The summed E-state index contributed by atoms with van der Waals surface area (Å²) in [6, 6.07) is 0. The van der Waals surface area contributed by atoms with Crippen LogP contribution in [-0.4, -0.2) is 27.9 Å². The molecule has 0 spiro atoms. The number of primary amides is 1. The van der Waals surface area contributed by atoms with Crippen LogP contribution in [0.4, 0.5) is 5.95 Å². The SMILES string of the molecule is Cn1ccnc1N1CC(C(N)=O)CC1=O. The molecule has 2 amide bonds. The molecule has 6 nitrogen and oxygen atoms in total. The van der Waals surface area contributed by atoms with Gasteiger partial charge >= 0.3 is 0 Å². The minimum absolute atomic E-state index is 0.104. The number of amides is 2. The molecule has 1 fully saturated rings. The quantitative estimate of drug-likeness (QED) is 0.694. The van der Waals surface area contributed by atoms with E-state index in [0.29, 0.717) is 12.5 Å². The molecule has 0 bridgehead atoms. The Balaban J connectivity index is 2.22. The Morgan fingerprint density at radius 3 is 2.87 bits per heavy atom. The van der Waals surface area contributed by atoms with Crippen molar-refractivity contribution >= 4 is 17.8 Å². The van der Waals surface area contributed by atoms with Crippen LogP contribution >= 0.6 is 0 Å². The second-order valence-corrected chi connectivity index (χ2v) is 3.65. The molecule has 0 aliphatic carbocycles. The summed E-state index contributed by atoms with van der Waals surface area (Å²) in [7, 11) is 1.80. The number of aromatic nitrogens is 2. The first kappa shape index (κ1) is 9.70. The van der Waals surface area contributed by atoms with Gasteiger partial charge in [0, 0.05) is 32.4 Å². The van der Waals surface area contributed by atoms with E-state index in [0.717, 1.165) is 0 Å². The first-order chi connectivity index (χ1) is 7.09. The Bertz CT molecular complexity index is 412. The number of aryl methyl sites for hydroxylation is 1. The molecule has 0 radical (unpaired) electrons. The molecule has 1 aliphatic heterocycles. The lowest BCUT2D eigenvalue weighted by atomic mass is 10.1. The number of nitrogens with zero attached hydrogens (tertiary/aromatic N) is 3. The van der Waals surface area contributed by atoms with E-state index in [1.807, 2.05) is 0 Å². The van der Waals surface area contributed by atoms with Gasteiger partial charge in [-0.15, -0.1) is 0 Å². The van der Waals surface area contributed by atoms with Crippen LogP contribution in [0.3, 0.4) is 0 Å². The standard InChI is InChI=1S/C9H12N4O2/c1-12-3-2-11-9(12)13-5-6(8(10)15)4-7(13)14/h2-3,6H,4-5H2,1H3,(H2,10,15). The highest BCUT2D eigenvalue weighted by Gasteiger charge is 2.35. The van der Waals surface area contributed by atoms with E-state index >= 15 is 0 Å². The fourth-order valence-electron chi connectivity index (χ4n) is 1.71. The van der Waals surface area contributed by atoms with Crippen LogP contribution in [0, 0.1) is 5.92 Å². The largest absolute Gasteiger partial charge is 0.369 e. The Hall–Kier alpha value is -1.85. The molecular weight excluding hydrogens is 196 g/mol. The van der Waals surface area contributed by atoms with Crippen molar-refractivity contribution in [1.29, 1.82) is 0 Å². The predicted octanol–water partition coefficient (Wildman–Crippen LogP) is -0.742. The van der Waals surface area contributed by atoms with Crippen molar-refractivity contribution in [1.82, 2.24) is 9.55 Å². The Morgan fingerprint density at radius 2 is 2.40 bits per heavy atom. The molecule has 80 valence electrons. The molecule has 0 saturated carbocycles. The lowest BCUT2D eigenvalue weighted by Crippen LogP contribution is -2.30. The molecule has 1 aromatic heterocycles. The lowest BCUT2D eigenvalue weighted by molar-refractivity contribution is -0.123. The van der Waals surface area contributed by atoms with Crippen LogP contribution < -0.4 is 10.6 Å². The molecule has 2 rings (SSSR count). The van der Waals surface area contributed by atoms with Gasteiger partial charge in [-0.3, -0.25) is 14.5 Å². The number of hydrogen-bond donors (Lipinski definition) is 1. The van der Waals surface area contributed by atoms with E-state index < -0.39 is 11.8 Å². The first-order valence-corrected chi connectivity index (χ1v) is 4.66. The van der Waals surface area contributed by atoms with Crippen molar-refractivity contribution in [3.8, 4) is 0 Å². The minimum atomic E-state index is -0.431. The molecule has 1 unspecified atom stereocenters. The number of nitrogens with two attached hydrogens (primary N) is 1. The van der Waals surface area contributed by atoms with E-state index in [4.69, 9.17) is 5.73 Å². The van der Waals surface area contributed by atoms with Gasteiger partial charge in [0.05, 0.1) is 5.92 Å². The number of anilines is 1. The number of hydrogen-bond acceptors (Lipinski definition) is 3. The Kier molecular flexibility index (Phi) is 2.18. The van der Waals surface area contributed by atoms with Gasteiger partial charge < -0.3 is 10.3 Å². The number of rotatable bonds is 2. The maximum atomic E-state index is 11.6. The summed E-state index contributed by atoms with van der Waals surface area (Å²) >= 11 is 0. The highest BCUT2D eigenvalue weighted by atomic mass is 16.2. The average molecular weight is 208 g/mol. The maximum absolute atomic E-state index is 11.6. The predicted molar refractivity (Wildman–Crippen MR) is 52.9 cm³/mol. The van der Waals surface area contributed by atoms with Crippen molar-refractivity contribution in [2.24, 2.45) is 18.7 Å². The zero-order chi connectivity index (χ0) is 11.0. The second-order valence-electron chi connectivity index (χ2n) is 3.65. The zero-order valence-corrected chi connectivity index (χ0v) is 8.38. The molecule has 0 aromatic carbocycles. The molecule has 1 aromatic rings. The Labute approximate surface area is 86.7 Å². The highest BCUT2D eigenvalue weighted by molar-refractivity contribution is 5.98. The van der Waals surface area contributed by atoms with Gasteiger partial charge in [0.15, 0.2) is 0 Å². The number of carbonyl (C=O) groups is 2. The maximum Gasteiger partial charge on any atom is 0.230 e. The molecule has 2 heterocycles. The van der Waals surface area contributed by atoms with Gasteiger partial charge in [-0.05, 0) is 0 Å². The van der Waals surface area contributed by atoms with Crippen molar-refractivity contribution in [3.05, 3.63) is 12.4 Å². The van der Waals surface area contributed by atoms with Crippen LogP contribution in [0.15, 0.2) is 12.4 Å². The van der Waals surface area contributed by atoms with Crippen molar-refractivity contribution in [2.45, 2.75) is 6.42 Å². The summed E-state index contributed by atoms with van der Waals surface area (Å²) in [5, 5.41) is 0. The first-order valence-electron chi connectivity index (χ1n) is 4.66. The summed E-state index contributed by atoms with van der Waals surface area (Å²) in [6.45, 7) is 0.332. The molecule has 15 heavy (non-hydrogen) atoms. The van der Waals surface area contributed by atoms with Crippen LogP contribution in [-0.2, 0) is 16.6 Å². The summed E-state index contributed by atoms with van der Waals surface area (Å²) < 4.78 is 1.74. The number of imidazole rings is 1. The fraction of sp³-hybridized carbons (Fsp3) is 0.444. The average Bonchev–Trinajstić information content (AvgIpc) is 2.71.